The second-order valence-electron chi connectivity index (χ2n) is 12.4. The molecule has 5 fully saturated rings. The third-order valence-electron chi connectivity index (χ3n) is 9.68. The summed E-state index contributed by atoms with van der Waals surface area (Å²) in [5.74, 6) is 1.34. The second kappa shape index (κ2) is 8.06. The molecule has 0 amide bonds. The highest BCUT2D eigenvalue weighted by atomic mass is 16.6. The van der Waals surface area contributed by atoms with Gasteiger partial charge in [-0.25, -0.2) is 0 Å². The zero-order valence-corrected chi connectivity index (χ0v) is 20.6. The van der Waals surface area contributed by atoms with Gasteiger partial charge in [0.05, 0.1) is 10.8 Å². The zero-order valence-electron chi connectivity index (χ0n) is 20.6. The Labute approximate surface area is 189 Å². The lowest BCUT2D eigenvalue weighted by molar-refractivity contribution is -0.225. The Morgan fingerprint density at radius 1 is 0.903 bits per heavy atom. The summed E-state index contributed by atoms with van der Waals surface area (Å²) in [5, 5.41) is 0. The molecule has 31 heavy (non-hydrogen) atoms. The van der Waals surface area contributed by atoms with Gasteiger partial charge in [0.2, 0.25) is 0 Å². The lowest BCUT2D eigenvalue weighted by atomic mass is 9.47. The van der Waals surface area contributed by atoms with Gasteiger partial charge in [-0.15, -0.1) is 0 Å². The van der Waals surface area contributed by atoms with Crippen molar-refractivity contribution in [3.63, 3.8) is 0 Å². The molecule has 4 nitrogen and oxygen atoms in total. The molecular formula is C27H44O4. The number of rotatable bonds is 7. The molecule has 0 aliphatic heterocycles. The summed E-state index contributed by atoms with van der Waals surface area (Å²) < 4.78 is 12.8. The first kappa shape index (κ1) is 23.1. The Balaban J connectivity index is 1.54. The molecule has 5 aliphatic carbocycles. The van der Waals surface area contributed by atoms with E-state index in [1.54, 1.807) is 0 Å². The highest BCUT2D eigenvalue weighted by Gasteiger charge is 2.64. The van der Waals surface area contributed by atoms with Gasteiger partial charge < -0.3 is 9.47 Å². The van der Waals surface area contributed by atoms with Gasteiger partial charge in [0.15, 0.2) is 0 Å². The molecule has 0 aromatic heterocycles. The van der Waals surface area contributed by atoms with Crippen LogP contribution in [0.1, 0.15) is 118 Å². The SMILES string of the molecule is CCC(C)(C)C(=O)OC12CC3CC(C1)CC(C(=O)OC(C)(CC)C1CCCCC1)(C3)C2. The lowest BCUT2D eigenvalue weighted by Gasteiger charge is -2.60. The molecule has 5 rings (SSSR count). The van der Waals surface area contributed by atoms with E-state index in [9.17, 15) is 9.59 Å². The third kappa shape index (κ3) is 4.17. The number of carbonyl (C=O) groups is 2. The number of ether oxygens (including phenoxy) is 2. The van der Waals surface area contributed by atoms with Crippen LogP contribution in [0.4, 0.5) is 0 Å². The van der Waals surface area contributed by atoms with Gasteiger partial charge in [0.1, 0.15) is 11.2 Å². The van der Waals surface area contributed by atoms with Crippen LogP contribution in [-0.4, -0.2) is 23.1 Å². The van der Waals surface area contributed by atoms with Crippen LogP contribution in [-0.2, 0) is 19.1 Å². The molecule has 0 saturated heterocycles. The second-order valence-corrected chi connectivity index (χ2v) is 12.4. The highest BCUT2D eigenvalue weighted by molar-refractivity contribution is 5.79. The summed E-state index contributed by atoms with van der Waals surface area (Å²) in [6.45, 7) is 10.3. The van der Waals surface area contributed by atoms with Crippen LogP contribution < -0.4 is 0 Å². The number of hydrogen-bond acceptors (Lipinski definition) is 4. The average molecular weight is 433 g/mol. The molecule has 5 saturated carbocycles. The van der Waals surface area contributed by atoms with Crippen LogP contribution in [0, 0.1) is 28.6 Å². The van der Waals surface area contributed by atoms with Crippen molar-refractivity contribution in [1.29, 1.82) is 0 Å². The molecular weight excluding hydrogens is 388 g/mol. The maximum Gasteiger partial charge on any atom is 0.312 e. The van der Waals surface area contributed by atoms with Gasteiger partial charge in [-0.3, -0.25) is 9.59 Å². The van der Waals surface area contributed by atoms with E-state index in [1.807, 2.05) is 20.8 Å². The Bertz CT molecular complexity index is 690. The predicted octanol–water partition coefficient (Wildman–Crippen LogP) is 6.60. The molecule has 3 unspecified atom stereocenters. The Morgan fingerprint density at radius 3 is 2.06 bits per heavy atom. The van der Waals surface area contributed by atoms with Crippen molar-refractivity contribution in [1.82, 2.24) is 0 Å². The summed E-state index contributed by atoms with van der Waals surface area (Å²) in [6, 6.07) is 0. The molecule has 3 atom stereocenters. The molecule has 0 radical (unpaired) electrons. The van der Waals surface area contributed by atoms with E-state index in [-0.39, 0.29) is 17.5 Å². The average Bonchev–Trinajstić information content (AvgIpc) is 2.73. The first-order chi connectivity index (χ1) is 14.6. The van der Waals surface area contributed by atoms with Crippen molar-refractivity contribution in [2.45, 2.75) is 129 Å². The fourth-order valence-corrected chi connectivity index (χ4v) is 7.49. The number of esters is 2. The van der Waals surface area contributed by atoms with Gasteiger partial charge in [-0.2, -0.15) is 0 Å². The third-order valence-corrected chi connectivity index (χ3v) is 9.68. The minimum absolute atomic E-state index is 0.00620. The fourth-order valence-electron chi connectivity index (χ4n) is 7.49. The Hall–Kier alpha value is -1.06. The normalized spacial score (nSPS) is 37.3. The van der Waals surface area contributed by atoms with E-state index in [2.05, 4.69) is 13.8 Å². The van der Waals surface area contributed by atoms with E-state index in [1.165, 1.54) is 38.5 Å². The van der Waals surface area contributed by atoms with Crippen LogP contribution in [0.2, 0.25) is 0 Å². The van der Waals surface area contributed by atoms with Gasteiger partial charge in [0, 0.05) is 6.42 Å². The maximum absolute atomic E-state index is 13.8. The van der Waals surface area contributed by atoms with E-state index < -0.39 is 16.4 Å². The Morgan fingerprint density at radius 2 is 1.52 bits per heavy atom. The molecule has 4 bridgehead atoms. The van der Waals surface area contributed by atoms with Gasteiger partial charge in [-0.05, 0) is 96.3 Å². The molecule has 0 N–H and O–H groups in total. The summed E-state index contributed by atoms with van der Waals surface area (Å²) in [5.41, 5.74) is -1.75. The maximum atomic E-state index is 13.8. The molecule has 5 aliphatic rings. The van der Waals surface area contributed by atoms with Crippen LogP contribution in [0.25, 0.3) is 0 Å². The predicted molar refractivity (Wildman–Crippen MR) is 121 cm³/mol. The lowest BCUT2D eigenvalue weighted by Crippen LogP contribution is -2.61. The van der Waals surface area contributed by atoms with Crippen molar-refractivity contribution in [3.8, 4) is 0 Å². The van der Waals surface area contributed by atoms with Crippen LogP contribution in [0.3, 0.4) is 0 Å². The van der Waals surface area contributed by atoms with E-state index in [0.717, 1.165) is 38.5 Å². The quantitative estimate of drug-likeness (QED) is 0.425. The van der Waals surface area contributed by atoms with Crippen LogP contribution in [0.5, 0.6) is 0 Å². The summed E-state index contributed by atoms with van der Waals surface area (Å²) in [4.78, 5) is 26.8. The smallest absolute Gasteiger partial charge is 0.312 e. The highest BCUT2D eigenvalue weighted by Crippen LogP contribution is 2.63. The molecule has 0 heterocycles. The van der Waals surface area contributed by atoms with Crippen molar-refractivity contribution < 1.29 is 19.1 Å². The summed E-state index contributed by atoms with van der Waals surface area (Å²) in [6.07, 6.45) is 13.3. The van der Waals surface area contributed by atoms with Gasteiger partial charge in [-0.1, -0.05) is 33.1 Å². The summed E-state index contributed by atoms with van der Waals surface area (Å²) in [7, 11) is 0. The molecule has 0 spiro atoms. The molecule has 0 aromatic rings. The topological polar surface area (TPSA) is 52.6 Å². The molecule has 0 aromatic carbocycles. The monoisotopic (exact) mass is 432 g/mol. The molecule has 4 heteroatoms. The molecule has 176 valence electrons. The fraction of sp³-hybridized carbons (Fsp3) is 0.926. The number of hydrogen-bond donors (Lipinski definition) is 0. The van der Waals surface area contributed by atoms with Crippen molar-refractivity contribution >= 4 is 11.9 Å². The van der Waals surface area contributed by atoms with Crippen LogP contribution in [0.15, 0.2) is 0 Å². The minimum atomic E-state index is -0.473. The van der Waals surface area contributed by atoms with E-state index in [0.29, 0.717) is 24.2 Å². The summed E-state index contributed by atoms with van der Waals surface area (Å²) >= 11 is 0. The van der Waals surface area contributed by atoms with Gasteiger partial charge >= 0.3 is 11.9 Å². The largest absolute Gasteiger partial charge is 0.459 e. The first-order valence-electron chi connectivity index (χ1n) is 13.0. The van der Waals surface area contributed by atoms with Gasteiger partial charge in [0.25, 0.3) is 0 Å². The van der Waals surface area contributed by atoms with Crippen molar-refractivity contribution in [2.24, 2.45) is 28.6 Å². The van der Waals surface area contributed by atoms with Crippen molar-refractivity contribution in [2.75, 3.05) is 0 Å². The standard InChI is InChI=1S/C27H44O4/c1-6-24(3,4)22(28)31-27-16-19-13-20(17-27)15-26(14-19,18-27)23(29)30-25(5,7-2)21-11-9-8-10-12-21/h19-21H,6-18H2,1-5H3. The minimum Gasteiger partial charge on any atom is -0.459 e. The van der Waals surface area contributed by atoms with Crippen LogP contribution >= 0.6 is 0 Å². The number of carbonyl (C=O) groups excluding carboxylic acids is 2. The zero-order chi connectivity index (χ0) is 22.5. The van der Waals surface area contributed by atoms with Crippen molar-refractivity contribution in [3.05, 3.63) is 0 Å². The first-order valence-corrected chi connectivity index (χ1v) is 13.0. The van der Waals surface area contributed by atoms with E-state index >= 15 is 0 Å². The van der Waals surface area contributed by atoms with E-state index in [4.69, 9.17) is 9.47 Å². The Kier molecular flexibility index (Phi) is 6.01.